The fourth-order valence-corrected chi connectivity index (χ4v) is 2.15. The molecule has 0 aliphatic carbocycles. The number of hydrogen-bond donors (Lipinski definition) is 0. The lowest BCUT2D eigenvalue weighted by Crippen LogP contribution is -2.49. The molecule has 1 saturated heterocycles. The minimum atomic E-state index is -4.68. The van der Waals surface area contributed by atoms with E-state index >= 15 is 0 Å². The number of likely N-dealkylation sites (tertiary alicyclic amines) is 1. The van der Waals surface area contributed by atoms with E-state index in [1.807, 2.05) is 0 Å². The summed E-state index contributed by atoms with van der Waals surface area (Å²) in [6.07, 6.45) is -3.30. The number of Topliss-reactive ketones (excluding diaryl/α,β-unsaturated/α-hetero) is 1. The van der Waals surface area contributed by atoms with Gasteiger partial charge in [0.2, 0.25) is 0 Å². The van der Waals surface area contributed by atoms with Crippen molar-refractivity contribution < 1.29 is 27.2 Å². The lowest BCUT2D eigenvalue weighted by Gasteiger charge is -2.27. The van der Waals surface area contributed by atoms with E-state index in [2.05, 4.69) is 15.9 Å². The van der Waals surface area contributed by atoms with Gasteiger partial charge in [-0.15, -0.1) is 0 Å². The van der Waals surface area contributed by atoms with E-state index < -0.39 is 24.3 Å². The lowest BCUT2D eigenvalue weighted by molar-refractivity contribution is -0.181. The molecule has 1 aliphatic heterocycles. The quantitative estimate of drug-likeness (QED) is 0.571. The number of carbonyl (C=O) groups excluding carboxylic acids is 2. The van der Waals surface area contributed by atoms with Crippen LogP contribution in [0.25, 0.3) is 0 Å². The van der Waals surface area contributed by atoms with E-state index in [0.717, 1.165) is 0 Å². The van der Waals surface area contributed by atoms with E-state index in [-0.39, 0.29) is 24.1 Å². The number of amides is 1. The molecule has 0 spiro atoms. The molecule has 104 valence electrons. The molecule has 0 N–H and O–H groups in total. The highest BCUT2D eigenvalue weighted by Crippen LogP contribution is 2.30. The first-order valence-electron chi connectivity index (χ1n) is 5.35. The third-order valence-corrected chi connectivity index (χ3v) is 3.43. The van der Waals surface area contributed by atoms with E-state index in [0.29, 0.717) is 17.7 Å². The second kappa shape index (κ2) is 5.99. The minimum Gasteiger partial charge on any atom is -0.334 e. The number of nitrogens with zero attached hydrogens (tertiary/aromatic N) is 1. The standard InChI is InChI=1S/C10H12BrF4NO2/c11-5-7(17)4-6-2-1-3-16(6)9(18)10(14,15)8(12)13/h6,8H,1-5H2. The largest absolute Gasteiger partial charge is 0.383 e. The Balaban J connectivity index is 2.75. The monoisotopic (exact) mass is 333 g/mol. The summed E-state index contributed by atoms with van der Waals surface area (Å²) in [5, 5.41) is 0.0524. The third-order valence-electron chi connectivity index (χ3n) is 2.81. The van der Waals surface area contributed by atoms with Gasteiger partial charge < -0.3 is 4.90 Å². The predicted octanol–water partition coefficient (Wildman–Crippen LogP) is 2.23. The minimum absolute atomic E-state index is 0.0125. The number of carbonyl (C=O) groups is 2. The van der Waals surface area contributed by atoms with Crippen molar-refractivity contribution in [3.05, 3.63) is 0 Å². The maximum absolute atomic E-state index is 12.9. The van der Waals surface area contributed by atoms with Crippen molar-refractivity contribution in [2.75, 3.05) is 11.9 Å². The van der Waals surface area contributed by atoms with Gasteiger partial charge in [0.25, 0.3) is 5.91 Å². The van der Waals surface area contributed by atoms with Crippen molar-refractivity contribution in [1.82, 2.24) is 4.90 Å². The molecular formula is C10H12BrF4NO2. The van der Waals surface area contributed by atoms with Crippen LogP contribution in [0, 0.1) is 0 Å². The molecule has 18 heavy (non-hydrogen) atoms. The van der Waals surface area contributed by atoms with Gasteiger partial charge in [-0.3, -0.25) is 9.59 Å². The molecular weight excluding hydrogens is 322 g/mol. The van der Waals surface area contributed by atoms with Gasteiger partial charge in [0.15, 0.2) is 0 Å². The Hall–Kier alpha value is -0.660. The van der Waals surface area contributed by atoms with Crippen molar-refractivity contribution in [1.29, 1.82) is 0 Å². The van der Waals surface area contributed by atoms with Gasteiger partial charge in [0.1, 0.15) is 5.78 Å². The maximum Gasteiger partial charge on any atom is 0.383 e. The van der Waals surface area contributed by atoms with Gasteiger partial charge in [-0.25, -0.2) is 8.78 Å². The van der Waals surface area contributed by atoms with Crippen molar-refractivity contribution in [3.63, 3.8) is 0 Å². The van der Waals surface area contributed by atoms with Gasteiger partial charge in [-0.05, 0) is 12.8 Å². The molecule has 3 nitrogen and oxygen atoms in total. The van der Waals surface area contributed by atoms with Gasteiger partial charge in [0, 0.05) is 19.0 Å². The first kappa shape index (κ1) is 15.4. The molecule has 1 amide bonds. The fourth-order valence-electron chi connectivity index (χ4n) is 1.92. The number of alkyl halides is 5. The van der Waals surface area contributed by atoms with Crippen LogP contribution < -0.4 is 0 Å². The summed E-state index contributed by atoms with van der Waals surface area (Å²) in [4.78, 5) is 23.3. The normalized spacial score (nSPS) is 20.6. The van der Waals surface area contributed by atoms with Crippen LogP contribution in [0.4, 0.5) is 17.6 Å². The Morgan fingerprint density at radius 2 is 2.00 bits per heavy atom. The SMILES string of the molecule is O=C(CBr)CC1CCCN1C(=O)C(F)(F)C(F)F. The molecule has 0 aromatic rings. The van der Waals surface area contributed by atoms with Crippen molar-refractivity contribution in [2.45, 2.75) is 37.7 Å². The summed E-state index contributed by atoms with van der Waals surface area (Å²) < 4.78 is 50.1. The van der Waals surface area contributed by atoms with Gasteiger partial charge in [-0.2, -0.15) is 8.78 Å². The molecule has 0 aromatic carbocycles. The first-order chi connectivity index (χ1) is 8.30. The molecule has 8 heteroatoms. The summed E-state index contributed by atoms with van der Waals surface area (Å²) in [7, 11) is 0. The molecule has 0 bridgehead atoms. The number of rotatable bonds is 5. The Bertz CT molecular complexity index is 338. The number of halogens is 5. The summed E-state index contributed by atoms with van der Waals surface area (Å²) in [5.74, 6) is -6.82. The van der Waals surface area contributed by atoms with Gasteiger partial charge >= 0.3 is 12.3 Å². The van der Waals surface area contributed by atoms with Crippen LogP contribution in [0.1, 0.15) is 19.3 Å². The smallest absolute Gasteiger partial charge is 0.334 e. The second-order valence-corrected chi connectivity index (χ2v) is 4.66. The van der Waals surface area contributed by atoms with Crippen molar-refractivity contribution in [2.24, 2.45) is 0 Å². The van der Waals surface area contributed by atoms with E-state index in [9.17, 15) is 27.2 Å². The van der Waals surface area contributed by atoms with Crippen LogP contribution in [0.2, 0.25) is 0 Å². The topological polar surface area (TPSA) is 37.4 Å². The maximum atomic E-state index is 12.9. The zero-order chi connectivity index (χ0) is 13.9. The molecule has 1 unspecified atom stereocenters. The Labute approximate surface area is 110 Å². The fraction of sp³-hybridized carbons (Fsp3) is 0.800. The summed E-state index contributed by atoms with van der Waals surface area (Å²) in [6.45, 7) is -0.0125. The van der Waals surface area contributed by atoms with Crippen molar-refractivity contribution >= 4 is 27.6 Å². The number of ketones is 1. The van der Waals surface area contributed by atoms with Crippen LogP contribution in [0.15, 0.2) is 0 Å². The molecule has 1 rings (SSSR count). The first-order valence-corrected chi connectivity index (χ1v) is 6.47. The highest BCUT2D eigenvalue weighted by Gasteiger charge is 2.53. The number of hydrogen-bond acceptors (Lipinski definition) is 2. The van der Waals surface area contributed by atoms with E-state index in [4.69, 9.17) is 0 Å². The van der Waals surface area contributed by atoms with Crippen LogP contribution >= 0.6 is 15.9 Å². The van der Waals surface area contributed by atoms with E-state index in [1.54, 1.807) is 0 Å². The average Bonchev–Trinajstić information content (AvgIpc) is 2.75. The van der Waals surface area contributed by atoms with E-state index in [1.165, 1.54) is 0 Å². The zero-order valence-corrected chi connectivity index (χ0v) is 10.9. The third kappa shape index (κ3) is 3.21. The van der Waals surface area contributed by atoms with Crippen LogP contribution in [-0.4, -0.2) is 46.9 Å². The molecule has 1 aliphatic rings. The summed E-state index contributed by atoms with van der Waals surface area (Å²) >= 11 is 2.92. The molecule has 1 fully saturated rings. The molecule has 1 heterocycles. The molecule has 0 saturated carbocycles. The Morgan fingerprint density at radius 1 is 1.39 bits per heavy atom. The van der Waals surface area contributed by atoms with Crippen LogP contribution in [0.3, 0.4) is 0 Å². The van der Waals surface area contributed by atoms with Crippen molar-refractivity contribution in [3.8, 4) is 0 Å². The summed E-state index contributed by atoms with van der Waals surface area (Å²) in [6, 6.07) is -0.702. The predicted molar refractivity (Wildman–Crippen MR) is 59.1 cm³/mol. The molecule has 0 radical (unpaired) electrons. The van der Waals surface area contributed by atoms with Gasteiger partial charge in [0.05, 0.1) is 5.33 Å². The highest BCUT2D eigenvalue weighted by molar-refractivity contribution is 9.09. The molecule has 1 atom stereocenters. The van der Waals surface area contributed by atoms with Crippen LogP contribution in [-0.2, 0) is 9.59 Å². The average molecular weight is 334 g/mol. The molecule has 0 aromatic heterocycles. The van der Waals surface area contributed by atoms with Gasteiger partial charge in [-0.1, -0.05) is 15.9 Å². The van der Waals surface area contributed by atoms with Crippen LogP contribution in [0.5, 0.6) is 0 Å². The second-order valence-electron chi connectivity index (χ2n) is 4.09. The Kier molecular flexibility index (Phi) is 5.12. The summed E-state index contributed by atoms with van der Waals surface area (Å²) in [5.41, 5.74) is 0. The highest BCUT2D eigenvalue weighted by atomic mass is 79.9. The Morgan fingerprint density at radius 3 is 2.50 bits per heavy atom. The lowest BCUT2D eigenvalue weighted by atomic mass is 10.1. The zero-order valence-electron chi connectivity index (χ0n) is 9.34.